The molecule has 1 aliphatic rings. The van der Waals surface area contributed by atoms with Crippen LogP contribution in [0.1, 0.15) is 37.4 Å². The fourth-order valence-electron chi connectivity index (χ4n) is 5.86. The van der Waals surface area contributed by atoms with Crippen LogP contribution < -0.4 is 21.6 Å². The Kier molecular flexibility index (Phi) is 8.56. The number of hydrogen-bond acceptors (Lipinski definition) is 7. The van der Waals surface area contributed by atoms with Crippen molar-refractivity contribution < 1.29 is 23.5 Å². The highest BCUT2D eigenvalue weighted by Gasteiger charge is 2.57. The minimum atomic E-state index is -3.17. The molecule has 4 unspecified atom stereocenters. The Balaban J connectivity index is 1.63. The Bertz CT molecular complexity index is 1660. The van der Waals surface area contributed by atoms with E-state index in [1.807, 2.05) is 60.7 Å². The molecule has 0 amide bonds. The van der Waals surface area contributed by atoms with E-state index in [-0.39, 0.29) is 5.56 Å². The molecular weight excluding hydrogens is 564 g/mol. The van der Waals surface area contributed by atoms with Crippen molar-refractivity contribution in [3.05, 3.63) is 130 Å². The summed E-state index contributed by atoms with van der Waals surface area (Å²) in [6.45, 7) is 6.33. The highest BCUT2D eigenvalue weighted by Crippen LogP contribution is 2.41. The zero-order valence-corrected chi connectivity index (χ0v) is 25.5. The van der Waals surface area contributed by atoms with Crippen molar-refractivity contribution in [2.75, 3.05) is 7.11 Å². The molecule has 0 N–H and O–H groups in total. The van der Waals surface area contributed by atoms with Crippen LogP contribution in [0.2, 0.25) is 5.04 Å². The van der Waals surface area contributed by atoms with E-state index < -0.39 is 55.1 Å². The minimum absolute atomic E-state index is 0.175. The predicted octanol–water partition coefficient (Wildman–Crippen LogP) is 2.76. The van der Waals surface area contributed by atoms with Gasteiger partial charge in [-0.05, 0) is 27.5 Å². The molecule has 2 heterocycles. The summed E-state index contributed by atoms with van der Waals surface area (Å²) in [5.41, 5.74) is -1.52. The van der Waals surface area contributed by atoms with Crippen molar-refractivity contribution in [3.63, 3.8) is 0 Å². The number of aldehydes is 1. The number of aromatic nitrogens is 2. The van der Waals surface area contributed by atoms with Crippen LogP contribution in [0.3, 0.4) is 0 Å². The lowest BCUT2D eigenvalue weighted by Gasteiger charge is -2.45. The molecule has 0 aliphatic carbocycles. The summed E-state index contributed by atoms with van der Waals surface area (Å²) in [6.07, 6.45) is -2.23. The van der Waals surface area contributed by atoms with Crippen LogP contribution in [0.25, 0.3) is 0 Å². The Hall–Kier alpha value is -4.22. The second kappa shape index (κ2) is 12.2. The van der Waals surface area contributed by atoms with Gasteiger partial charge in [-0.3, -0.25) is 14.2 Å². The predicted molar refractivity (Wildman–Crippen MR) is 164 cm³/mol. The number of rotatable bonds is 8. The first-order chi connectivity index (χ1) is 20.6. The maximum Gasteiger partial charge on any atom is 0.340 e. The monoisotopic (exact) mass is 598 g/mol. The lowest BCUT2D eigenvalue weighted by Crippen LogP contribution is -2.69. The van der Waals surface area contributed by atoms with Gasteiger partial charge in [0.25, 0.3) is 19.8 Å². The molecule has 9 nitrogen and oxygen atoms in total. The van der Waals surface area contributed by atoms with Gasteiger partial charge in [-0.1, -0.05) is 99.6 Å². The SMILES string of the molecule is COC1C(O[Si](c2ccccc2)(c2ccccc2)C(C)(C)C)C(C=O)OC1n1ccc(=O)n(C(=O)c2ccccc2)c1=O. The molecule has 0 radical (unpaired) electrons. The van der Waals surface area contributed by atoms with Crippen LogP contribution in [0, 0.1) is 0 Å². The maximum absolute atomic E-state index is 13.7. The molecule has 1 fully saturated rings. The molecule has 0 spiro atoms. The molecule has 5 rings (SSSR count). The van der Waals surface area contributed by atoms with E-state index in [1.165, 1.54) is 25.4 Å². The van der Waals surface area contributed by atoms with Crippen molar-refractivity contribution >= 4 is 30.9 Å². The van der Waals surface area contributed by atoms with Gasteiger partial charge in [-0.2, -0.15) is 4.57 Å². The molecule has 0 bridgehead atoms. The summed E-state index contributed by atoms with van der Waals surface area (Å²) >= 11 is 0. The summed E-state index contributed by atoms with van der Waals surface area (Å²) in [6, 6.07) is 29.0. The number of carbonyl (C=O) groups is 2. The second-order valence-corrected chi connectivity index (χ2v) is 15.7. The van der Waals surface area contributed by atoms with Crippen molar-refractivity contribution in [2.45, 2.75) is 50.3 Å². The average molecular weight is 599 g/mol. The second-order valence-electron chi connectivity index (χ2n) is 11.4. The fourth-order valence-corrected chi connectivity index (χ4v) is 10.6. The summed E-state index contributed by atoms with van der Waals surface area (Å²) < 4.78 is 20.9. The van der Waals surface area contributed by atoms with Crippen LogP contribution in [0.15, 0.2) is 113 Å². The summed E-state index contributed by atoms with van der Waals surface area (Å²) in [5.74, 6) is -0.774. The van der Waals surface area contributed by atoms with Crippen LogP contribution in [0.4, 0.5) is 0 Å². The van der Waals surface area contributed by atoms with Crippen molar-refractivity contribution in [2.24, 2.45) is 0 Å². The van der Waals surface area contributed by atoms with E-state index in [2.05, 4.69) is 20.8 Å². The number of hydrogen-bond donors (Lipinski definition) is 0. The molecule has 3 aromatic carbocycles. The molecule has 0 saturated carbocycles. The van der Waals surface area contributed by atoms with Crippen LogP contribution in [-0.2, 0) is 18.7 Å². The van der Waals surface area contributed by atoms with Gasteiger partial charge < -0.3 is 18.7 Å². The summed E-state index contributed by atoms with van der Waals surface area (Å²) in [4.78, 5) is 52.2. The van der Waals surface area contributed by atoms with E-state index in [0.29, 0.717) is 10.9 Å². The van der Waals surface area contributed by atoms with Crippen LogP contribution >= 0.6 is 0 Å². The first-order valence-electron chi connectivity index (χ1n) is 14.0. The summed E-state index contributed by atoms with van der Waals surface area (Å²) in [7, 11) is -1.72. The molecule has 4 aromatic rings. The zero-order chi connectivity index (χ0) is 30.8. The van der Waals surface area contributed by atoms with Gasteiger partial charge in [0.15, 0.2) is 12.5 Å². The van der Waals surface area contributed by atoms with Gasteiger partial charge >= 0.3 is 5.69 Å². The molecule has 1 aliphatic heterocycles. The Morgan fingerprint density at radius 2 is 1.37 bits per heavy atom. The smallest absolute Gasteiger partial charge is 0.340 e. The number of ether oxygens (including phenoxy) is 2. The minimum Gasteiger partial charge on any atom is -0.398 e. The van der Waals surface area contributed by atoms with Crippen LogP contribution in [-0.4, -0.2) is 55.1 Å². The van der Waals surface area contributed by atoms with E-state index in [0.717, 1.165) is 21.0 Å². The highest BCUT2D eigenvalue weighted by molar-refractivity contribution is 6.99. The van der Waals surface area contributed by atoms with Gasteiger partial charge in [0.1, 0.15) is 18.3 Å². The topological polar surface area (TPSA) is 106 Å². The third-order valence-electron chi connectivity index (χ3n) is 7.87. The number of methoxy groups -OCH3 is 1. The fraction of sp³-hybridized carbons (Fsp3) is 0.273. The molecule has 4 atom stereocenters. The number of nitrogens with zero attached hydrogens (tertiary/aromatic N) is 2. The number of benzene rings is 3. The lowest BCUT2D eigenvalue weighted by atomic mass is 10.1. The van der Waals surface area contributed by atoms with Gasteiger partial charge in [0.2, 0.25) is 0 Å². The third-order valence-corrected chi connectivity index (χ3v) is 12.9. The van der Waals surface area contributed by atoms with Crippen molar-refractivity contribution in [1.29, 1.82) is 0 Å². The highest BCUT2D eigenvalue weighted by atomic mass is 28.4. The Morgan fingerprint density at radius 3 is 1.86 bits per heavy atom. The molecule has 1 aromatic heterocycles. The third kappa shape index (κ3) is 5.38. The standard InChI is InChI=1S/C33H34N2O7Si/c1-33(2,3)43(24-16-10-6-11-17-24,25-18-12-7-13-19-25)42-28-26(22-36)41-31(29(28)40-4)34-21-20-27(37)35(32(34)39)30(38)23-14-8-5-9-15-23/h5-22,26,28-29,31H,1-4H3. The van der Waals surface area contributed by atoms with E-state index in [9.17, 15) is 19.2 Å². The molecular formula is C33H34N2O7Si. The van der Waals surface area contributed by atoms with E-state index in [4.69, 9.17) is 13.9 Å². The first kappa shape index (κ1) is 30.2. The van der Waals surface area contributed by atoms with Gasteiger partial charge in [-0.25, -0.2) is 4.79 Å². The van der Waals surface area contributed by atoms with E-state index in [1.54, 1.807) is 18.2 Å². The van der Waals surface area contributed by atoms with Gasteiger partial charge in [-0.15, -0.1) is 0 Å². The Labute approximate surface area is 250 Å². The van der Waals surface area contributed by atoms with E-state index >= 15 is 0 Å². The summed E-state index contributed by atoms with van der Waals surface area (Å²) in [5, 5.41) is 1.58. The zero-order valence-electron chi connectivity index (χ0n) is 24.5. The lowest BCUT2D eigenvalue weighted by molar-refractivity contribution is -0.122. The Morgan fingerprint density at radius 1 is 0.837 bits per heavy atom. The first-order valence-corrected chi connectivity index (χ1v) is 15.9. The molecule has 222 valence electrons. The van der Waals surface area contributed by atoms with Gasteiger partial charge in [0.05, 0.1) is 0 Å². The quantitative estimate of drug-likeness (QED) is 0.227. The van der Waals surface area contributed by atoms with Crippen molar-refractivity contribution in [1.82, 2.24) is 9.13 Å². The van der Waals surface area contributed by atoms with Crippen LogP contribution in [0.5, 0.6) is 0 Å². The molecule has 10 heteroatoms. The van der Waals surface area contributed by atoms with Crippen molar-refractivity contribution in [3.8, 4) is 0 Å². The maximum atomic E-state index is 13.7. The average Bonchev–Trinajstić information content (AvgIpc) is 3.37. The van der Waals surface area contributed by atoms with Gasteiger partial charge in [0, 0.05) is 24.9 Å². The normalized spacial score (nSPS) is 20.6. The largest absolute Gasteiger partial charge is 0.398 e. The number of carbonyl (C=O) groups excluding carboxylic acids is 2. The molecule has 43 heavy (non-hydrogen) atoms. The molecule has 1 saturated heterocycles.